The molecule has 0 aliphatic heterocycles. The highest BCUT2D eigenvalue weighted by molar-refractivity contribution is 8.00. The predicted octanol–water partition coefficient (Wildman–Crippen LogP) is 3.66. The third-order valence-corrected chi connectivity index (χ3v) is 7.68. The number of carbonyl (C=O) groups is 1. The zero-order valence-electron chi connectivity index (χ0n) is 15.9. The van der Waals surface area contributed by atoms with E-state index >= 15 is 0 Å². The molecule has 0 saturated carbocycles. The fourth-order valence-corrected chi connectivity index (χ4v) is 5.19. The lowest BCUT2D eigenvalue weighted by atomic mass is 10.1. The number of rotatable bonds is 8. The number of aryl methyl sites for hydroxylation is 1. The summed E-state index contributed by atoms with van der Waals surface area (Å²) in [5, 5.41) is 10.8. The van der Waals surface area contributed by atoms with Crippen LogP contribution < -0.4 is 9.62 Å². The molecule has 7 nitrogen and oxygen atoms in total. The molecule has 0 radical (unpaired) electrons. The molecule has 152 valence electrons. The first-order valence-electron chi connectivity index (χ1n) is 8.78. The van der Waals surface area contributed by atoms with Gasteiger partial charge in [0.2, 0.25) is 11.0 Å². The van der Waals surface area contributed by atoms with Gasteiger partial charge >= 0.3 is 0 Å². The van der Waals surface area contributed by atoms with Gasteiger partial charge in [-0.25, -0.2) is 8.42 Å². The number of sulfonamides is 1. The van der Waals surface area contributed by atoms with Crippen LogP contribution in [0.2, 0.25) is 0 Å². The zero-order chi connectivity index (χ0) is 20.9. The molecule has 0 bridgehead atoms. The van der Waals surface area contributed by atoms with E-state index in [9.17, 15) is 13.2 Å². The lowest BCUT2D eigenvalue weighted by molar-refractivity contribution is -0.114. The molecule has 10 heteroatoms. The van der Waals surface area contributed by atoms with Crippen LogP contribution in [0, 0.1) is 0 Å². The van der Waals surface area contributed by atoms with Crippen molar-refractivity contribution in [1.29, 1.82) is 0 Å². The molecule has 0 aliphatic rings. The first-order valence-corrected chi connectivity index (χ1v) is 12.3. The van der Waals surface area contributed by atoms with Gasteiger partial charge in [0.25, 0.3) is 10.0 Å². The summed E-state index contributed by atoms with van der Waals surface area (Å²) in [5.74, 6) is -0.493. The van der Waals surface area contributed by atoms with Crippen molar-refractivity contribution in [2.45, 2.75) is 22.6 Å². The first-order chi connectivity index (χ1) is 13.9. The molecule has 0 spiro atoms. The fourth-order valence-electron chi connectivity index (χ4n) is 2.56. The molecule has 1 heterocycles. The van der Waals surface area contributed by atoms with E-state index in [1.165, 1.54) is 35.2 Å². The molecule has 0 unspecified atom stereocenters. The number of hydrogen-bond acceptors (Lipinski definition) is 7. The third-order valence-electron chi connectivity index (χ3n) is 4.08. The lowest BCUT2D eigenvalue weighted by Gasteiger charge is -2.24. The Morgan fingerprint density at radius 3 is 2.38 bits per heavy atom. The first kappa shape index (κ1) is 21.3. The van der Waals surface area contributed by atoms with Crippen molar-refractivity contribution in [2.75, 3.05) is 22.4 Å². The number of nitrogens with zero attached hydrogens (tertiary/aromatic N) is 3. The number of amides is 1. The summed E-state index contributed by atoms with van der Waals surface area (Å²) < 4.78 is 28.3. The van der Waals surface area contributed by atoms with Crippen LogP contribution in [0.5, 0.6) is 0 Å². The molecule has 0 fully saturated rings. The molecular weight excluding hydrogens is 428 g/mol. The Bertz CT molecular complexity index is 1070. The monoisotopic (exact) mass is 448 g/mol. The second kappa shape index (κ2) is 9.38. The molecular formula is C19H20N4O3S3. The van der Waals surface area contributed by atoms with E-state index in [0.29, 0.717) is 15.2 Å². The predicted molar refractivity (Wildman–Crippen MR) is 117 cm³/mol. The van der Waals surface area contributed by atoms with Gasteiger partial charge < -0.3 is 0 Å². The van der Waals surface area contributed by atoms with Crippen molar-refractivity contribution in [2.24, 2.45) is 0 Å². The number of carbonyl (C=O) groups excluding carboxylic acids is 1. The highest BCUT2D eigenvalue weighted by Gasteiger charge is 2.27. The van der Waals surface area contributed by atoms with Crippen LogP contribution in [0.3, 0.4) is 0 Å². The van der Waals surface area contributed by atoms with Gasteiger partial charge in [0.15, 0.2) is 4.34 Å². The average molecular weight is 449 g/mol. The second-order valence-electron chi connectivity index (χ2n) is 5.97. The van der Waals surface area contributed by atoms with Gasteiger partial charge in [-0.05, 0) is 42.5 Å². The molecule has 0 aliphatic carbocycles. The van der Waals surface area contributed by atoms with E-state index in [4.69, 9.17) is 0 Å². The fraction of sp³-hybridized carbons (Fsp3) is 0.211. The summed E-state index contributed by atoms with van der Waals surface area (Å²) in [6, 6.07) is 15.2. The van der Waals surface area contributed by atoms with Crippen molar-refractivity contribution in [1.82, 2.24) is 10.2 Å². The Morgan fingerprint density at radius 1 is 1.10 bits per heavy atom. The van der Waals surface area contributed by atoms with E-state index in [1.807, 2.05) is 25.3 Å². The minimum Gasteiger partial charge on any atom is -0.299 e. The van der Waals surface area contributed by atoms with E-state index in [2.05, 4.69) is 15.5 Å². The lowest BCUT2D eigenvalue weighted by Crippen LogP contribution is -2.38. The summed E-state index contributed by atoms with van der Waals surface area (Å²) in [5.41, 5.74) is 1.50. The molecule has 1 aromatic heterocycles. The average Bonchev–Trinajstić information content (AvgIpc) is 3.20. The number of benzene rings is 2. The van der Waals surface area contributed by atoms with Crippen LogP contribution in [0.1, 0.15) is 12.5 Å². The van der Waals surface area contributed by atoms with Crippen molar-refractivity contribution < 1.29 is 13.2 Å². The Morgan fingerprint density at radius 2 is 1.79 bits per heavy atom. The maximum Gasteiger partial charge on any atom is 0.264 e. The Labute approximate surface area is 178 Å². The number of nitrogens with one attached hydrogen (secondary N) is 1. The molecule has 1 N–H and O–H groups in total. The van der Waals surface area contributed by atoms with Gasteiger partial charge in [-0.3, -0.25) is 14.4 Å². The molecule has 1 amide bonds. The van der Waals surface area contributed by atoms with Gasteiger partial charge in [0, 0.05) is 0 Å². The topological polar surface area (TPSA) is 92.3 Å². The minimum atomic E-state index is -3.92. The molecule has 0 atom stereocenters. The normalized spacial score (nSPS) is 11.2. The van der Waals surface area contributed by atoms with Crippen LogP contribution in [-0.4, -0.2) is 37.3 Å². The molecule has 0 saturated heterocycles. The van der Waals surface area contributed by atoms with Crippen LogP contribution >= 0.6 is 23.1 Å². The van der Waals surface area contributed by atoms with Crippen molar-refractivity contribution in [3.05, 3.63) is 60.2 Å². The Kier molecular flexibility index (Phi) is 6.88. The number of aromatic nitrogens is 2. The third kappa shape index (κ3) is 5.14. The van der Waals surface area contributed by atoms with E-state index in [-0.39, 0.29) is 11.4 Å². The summed E-state index contributed by atoms with van der Waals surface area (Å²) in [4.78, 5) is 12.7. The molecule has 2 aromatic carbocycles. The van der Waals surface area contributed by atoms with E-state index in [0.717, 1.165) is 16.3 Å². The van der Waals surface area contributed by atoms with Gasteiger partial charge in [-0.1, -0.05) is 60.4 Å². The maximum atomic E-state index is 13.2. The van der Waals surface area contributed by atoms with Crippen molar-refractivity contribution in [3.8, 4) is 0 Å². The van der Waals surface area contributed by atoms with Gasteiger partial charge in [0.05, 0.1) is 10.6 Å². The number of anilines is 2. The van der Waals surface area contributed by atoms with Gasteiger partial charge in [-0.2, -0.15) is 0 Å². The largest absolute Gasteiger partial charge is 0.299 e. The summed E-state index contributed by atoms with van der Waals surface area (Å²) >= 11 is 2.65. The van der Waals surface area contributed by atoms with Crippen molar-refractivity contribution in [3.63, 3.8) is 0 Å². The van der Waals surface area contributed by atoms with Crippen molar-refractivity contribution >= 4 is 49.8 Å². The van der Waals surface area contributed by atoms with E-state index in [1.54, 1.807) is 30.3 Å². The standard InChI is InChI=1S/C19H20N4O3S3/c1-3-14-9-11-15(12-10-14)23(29(25,26)16-7-5-4-6-8-16)13-17(24)20-18-21-22-19(27-2)28-18/h4-12H,3,13H2,1-2H3,(H,20,21,24). The highest BCUT2D eigenvalue weighted by Crippen LogP contribution is 2.26. The Balaban J connectivity index is 1.90. The van der Waals surface area contributed by atoms with Crippen LogP contribution in [-0.2, 0) is 21.2 Å². The molecule has 3 rings (SSSR count). The van der Waals surface area contributed by atoms with Gasteiger partial charge in [-0.15, -0.1) is 10.2 Å². The number of hydrogen-bond donors (Lipinski definition) is 1. The van der Waals surface area contributed by atoms with E-state index < -0.39 is 15.9 Å². The second-order valence-corrected chi connectivity index (χ2v) is 9.86. The Hall–Kier alpha value is -2.43. The quantitative estimate of drug-likeness (QED) is 0.418. The smallest absolute Gasteiger partial charge is 0.264 e. The summed E-state index contributed by atoms with van der Waals surface area (Å²) in [7, 11) is -3.92. The SMILES string of the molecule is CCc1ccc(N(CC(=O)Nc2nnc(SC)s2)S(=O)(=O)c2ccccc2)cc1. The molecule has 29 heavy (non-hydrogen) atoms. The summed E-state index contributed by atoms with van der Waals surface area (Å²) in [6.07, 6.45) is 2.70. The van der Waals surface area contributed by atoms with Crippen LogP contribution in [0.15, 0.2) is 63.8 Å². The number of thioether (sulfide) groups is 1. The molecule has 3 aromatic rings. The minimum absolute atomic E-state index is 0.118. The zero-order valence-corrected chi connectivity index (χ0v) is 18.4. The maximum absolute atomic E-state index is 13.2. The van der Waals surface area contributed by atoms with Gasteiger partial charge in [0.1, 0.15) is 6.54 Å². The highest BCUT2D eigenvalue weighted by atomic mass is 32.2. The van der Waals surface area contributed by atoms with Crippen LogP contribution in [0.25, 0.3) is 0 Å². The summed E-state index contributed by atoms with van der Waals surface area (Å²) in [6.45, 7) is 1.64. The van der Waals surface area contributed by atoms with Crippen LogP contribution in [0.4, 0.5) is 10.8 Å².